The minimum atomic E-state index is -0.402. The lowest BCUT2D eigenvalue weighted by Gasteiger charge is -2.12. The van der Waals surface area contributed by atoms with Crippen molar-refractivity contribution in [2.24, 2.45) is 0 Å². The van der Waals surface area contributed by atoms with Gasteiger partial charge in [-0.2, -0.15) is 0 Å². The molecular weight excluding hydrogens is 385 g/mol. The Labute approximate surface area is 166 Å². The van der Waals surface area contributed by atoms with Crippen LogP contribution in [-0.4, -0.2) is 25.8 Å². The molecule has 0 radical (unpaired) electrons. The maximum Gasteiger partial charge on any atom is 0.192 e. The van der Waals surface area contributed by atoms with Gasteiger partial charge < -0.3 is 0 Å². The molecule has 0 saturated heterocycles. The van der Waals surface area contributed by atoms with Gasteiger partial charge in [0.05, 0.1) is 5.25 Å². The maximum atomic E-state index is 13.1. The van der Waals surface area contributed by atoms with Crippen LogP contribution < -0.4 is 0 Å². The highest BCUT2D eigenvalue weighted by atomic mass is 35.5. The number of carbonyl (C=O) groups excluding carboxylic acids is 1. The first kappa shape index (κ1) is 19.3. The predicted molar refractivity (Wildman–Crippen MR) is 107 cm³/mol. The molecule has 0 unspecified atom stereocenters. The number of ketones is 1. The fourth-order valence-electron chi connectivity index (χ4n) is 2.54. The van der Waals surface area contributed by atoms with Crippen molar-refractivity contribution >= 4 is 29.1 Å². The first-order valence-corrected chi connectivity index (χ1v) is 9.52. The van der Waals surface area contributed by atoms with Crippen molar-refractivity contribution in [2.45, 2.75) is 23.9 Å². The first-order chi connectivity index (χ1) is 13.0. The van der Waals surface area contributed by atoms with Crippen LogP contribution in [0.25, 0.3) is 11.4 Å². The number of allylic oxidation sites excluding steroid dienone is 1. The van der Waals surface area contributed by atoms with Gasteiger partial charge in [0.15, 0.2) is 16.8 Å². The van der Waals surface area contributed by atoms with Crippen molar-refractivity contribution < 1.29 is 9.18 Å². The van der Waals surface area contributed by atoms with E-state index in [-0.39, 0.29) is 11.6 Å². The molecule has 1 heterocycles. The Morgan fingerprint density at radius 2 is 1.89 bits per heavy atom. The SMILES string of the molecule is C=CCn1c(S[C@H](C)C(=O)c2ccc(F)cc2)nnc1-c1ccc(Cl)cc1. The van der Waals surface area contributed by atoms with Crippen molar-refractivity contribution in [3.63, 3.8) is 0 Å². The van der Waals surface area contributed by atoms with E-state index in [0.29, 0.717) is 28.1 Å². The monoisotopic (exact) mass is 401 g/mol. The van der Waals surface area contributed by atoms with E-state index in [1.54, 1.807) is 25.1 Å². The zero-order valence-electron chi connectivity index (χ0n) is 14.6. The van der Waals surface area contributed by atoms with Gasteiger partial charge in [-0.1, -0.05) is 29.4 Å². The topological polar surface area (TPSA) is 47.8 Å². The molecule has 0 spiro atoms. The van der Waals surface area contributed by atoms with Crippen molar-refractivity contribution in [1.82, 2.24) is 14.8 Å². The predicted octanol–water partition coefficient (Wildman–Crippen LogP) is 5.29. The number of hydrogen-bond donors (Lipinski definition) is 0. The third-order valence-electron chi connectivity index (χ3n) is 3.91. The molecular formula is C20H17ClFN3OS. The number of rotatable bonds is 7. The maximum absolute atomic E-state index is 13.1. The Hall–Kier alpha value is -2.44. The Morgan fingerprint density at radius 3 is 2.52 bits per heavy atom. The zero-order chi connectivity index (χ0) is 19.4. The van der Waals surface area contributed by atoms with Gasteiger partial charge in [-0.3, -0.25) is 9.36 Å². The molecule has 3 rings (SSSR count). The van der Waals surface area contributed by atoms with Gasteiger partial charge in [0, 0.05) is 22.7 Å². The first-order valence-electron chi connectivity index (χ1n) is 8.26. The summed E-state index contributed by atoms with van der Waals surface area (Å²) in [5.74, 6) is 0.210. The van der Waals surface area contributed by atoms with Crippen LogP contribution in [0.4, 0.5) is 4.39 Å². The summed E-state index contributed by atoms with van der Waals surface area (Å²) in [6.07, 6.45) is 1.75. The van der Waals surface area contributed by atoms with E-state index >= 15 is 0 Å². The Morgan fingerprint density at radius 1 is 1.22 bits per heavy atom. The van der Waals surface area contributed by atoms with Crippen molar-refractivity contribution in [1.29, 1.82) is 0 Å². The second-order valence-electron chi connectivity index (χ2n) is 5.84. The fraction of sp³-hybridized carbons (Fsp3) is 0.150. The highest BCUT2D eigenvalue weighted by Crippen LogP contribution is 2.29. The minimum Gasteiger partial charge on any atom is -0.298 e. The smallest absolute Gasteiger partial charge is 0.192 e. The number of carbonyl (C=O) groups is 1. The van der Waals surface area contributed by atoms with Crippen LogP contribution >= 0.6 is 23.4 Å². The quantitative estimate of drug-likeness (QED) is 0.306. The molecule has 27 heavy (non-hydrogen) atoms. The summed E-state index contributed by atoms with van der Waals surface area (Å²) in [7, 11) is 0. The Balaban J connectivity index is 1.85. The van der Waals surface area contributed by atoms with Crippen LogP contribution in [0, 0.1) is 5.82 Å². The molecule has 7 heteroatoms. The number of benzene rings is 2. The van der Waals surface area contributed by atoms with Crippen molar-refractivity contribution in [3.05, 3.63) is 77.6 Å². The molecule has 2 aromatic carbocycles. The second kappa shape index (κ2) is 8.50. The third kappa shape index (κ3) is 4.46. The molecule has 3 aromatic rings. The standard InChI is InChI=1S/C20H17ClFN3OS/c1-3-12-25-19(15-4-8-16(21)9-5-15)23-24-20(25)27-13(2)18(26)14-6-10-17(22)11-7-14/h3-11,13H,1,12H2,2H3/t13-/m1/s1. The molecule has 4 nitrogen and oxygen atoms in total. The van der Waals surface area contributed by atoms with Crippen LogP contribution in [0.5, 0.6) is 0 Å². The lowest BCUT2D eigenvalue weighted by Crippen LogP contribution is -2.15. The van der Waals surface area contributed by atoms with Gasteiger partial charge in [0.1, 0.15) is 5.82 Å². The average molecular weight is 402 g/mol. The van der Waals surface area contributed by atoms with E-state index in [0.717, 1.165) is 5.56 Å². The van der Waals surface area contributed by atoms with E-state index in [4.69, 9.17) is 11.6 Å². The molecule has 0 amide bonds. The molecule has 0 aliphatic rings. The van der Waals surface area contributed by atoms with E-state index in [1.165, 1.54) is 36.0 Å². The van der Waals surface area contributed by atoms with Gasteiger partial charge in [-0.05, 0) is 55.5 Å². The number of thioether (sulfide) groups is 1. The summed E-state index contributed by atoms with van der Waals surface area (Å²) in [5, 5.41) is 9.37. The van der Waals surface area contributed by atoms with Crippen LogP contribution in [0.2, 0.25) is 5.02 Å². The summed E-state index contributed by atoms with van der Waals surface area (Å²) < 4.78 is 15.0. The molecule has 0 aliphatic carbocycles. The van der Waals surface area contributed by atoms with Crippen LogP contribution in [0.3, 0.4) is 0 Å². The highest BCUT2D eigenvalue weighted by molar-refractivity contribution is 8.00. The Kier molecular flexibility index (Phi) is 6.08. The minimum absolute atomic E-state index is 0.0961. The number of nitrogens with zero attached hydrogens (tertiary/aromatic N) is 3. The molecule has 0 N–H and O–H groups in total. The van der Waals surface area contributed by atoms with Gasteiger partial charge in [0.2, 0.25) is 0 Å². The largest absolute Gasteiger partial charge is 0.298 e. The van der Waals surface area contributed by atoms with E-state index in [2.05, 4.69) is 16.8 Å². The van der Waals surface area contributed by atoms with Crippen molar-refractivity contribution in [2.75, 3.05) is 0 Å². The van der Waals surface area contributed by atoms with Gasteiger partial charge in [0.25, 0.3) is 0 Å². The van der Waals surface area contributed by atoms with E-state index < -0.39 is 5.25 Å². The van der Waals surface area contributed by atoms with Gasteiger partial charge in [-0.15, -0.1) is 16.8 Å². The average Bonchev–Trinajstić information content (AvgIpc) is 3.05. The number of hydrogen-bond acceptors (Lipinski definition) is 4. The Bertz CT molecular complexity index is 954. The molecule has 1 atom stereocenters. The van der Waals surface area contributed by atoms with Crippen LogP contribution in [0.1, 0.15) is 17.3 Å². The summed E-state index contributed by atoms with van der Waals surface area (Å²) in [4.78, 5) is 12.6. The third-order valence-corrected chi connectivity index (χ3v) is 5.24. The highest BCUT2D eigenvalue weighted by Gasteiger charge is 2.21. The second-order valence-corrected chi connectivity index (χ2v) is 7.59. The lowest BCUT2D eigenvalue weighted by atomic mass is 10.1. The van der Waals surface area contributed by atoms with Gasteiger partial charge in [-0.25, -0.2) is 4.39 Å². The summed E-state index contributed by atoms with van der Waals surface area (Å²) in [5.41, 5.74) is 1.34. The van der Waals surface area contributed by atoms with Crippen LogP contribution in [-0.2, 0) is 6.54 Å². The number of aromatic nitrogens is 3. The molecule has 1 aromatic heterocycles. The lowest BCUT2D eigenvalue weighted by molar-refractivity contribution is 0.0994. The fourth-order valence-corrected chi connectivity index (χ4v) is 3.60. The summed E-state index contributed by atoms with van der Waals surface area (Å²) >= 11 is 7.26. The number of halogens is 2. The zero-order valence-corrected chi connectivity index (χ0v) is 16.2. The van der Waals surface area contributed by atoms with E-state index in [1.807, 2.05) is 16.7 Å². The summed E-state index contributed by atoms with van der Waals surface area (Å²) in [6.45, 7) is 6.09. The number of Topliss-reactive ketones (excluding diaryl/α,β-unsaturated/α-hetero) is 1. The normalized spacial score (nSPS) is 12.0. The molecule has 0 bridgehead atoms. The molecule has 138 valence electrons. The van der Waals surface area contributed by atoms with Gasteiger partial charge >= 0.3 is 0 Å². The molecule has 0 fully saturated rings. The van der Waals surface area contributed by atoms with Crippen LogP contribution in [0.15, 0.2) is 66.3 Å². The van der Waals surface area contributed by atoms with E-state index in [9.17, 15) is 9.18 Å². The van der Waals surface area contributed by atoms with Crippen molar-refractivity contribution in [3.8, 4) is 11.4 Å². The molecule has 0 saturated carbocycles. The molecule has 0 aliphatic heterocycles. The summed E-state index contributed by atoms with van der Waals surface area (Å²) in [6, 6.07) is 12.9.